The van der Waals surface area contributed by atoms with Gasteiger partial charge in [0.25, 0.3) is 0 Å². The van der Waals surface area contributed by atoms with Crippen LogP contribution in [0.5, 0.6) is 5.75 Å². The van der Waals surface area contributed by atoms with Gasteiger partial charge in [-0.1, -0.05) is 12.1 Å². The summed E-state index contributed by atoms with van der Waals surface area (Å²) in [6, 6.07) is 7.43. The molecule has 2 N–H and O–H groups in total. The highest BCUT2D eigenvalue weighted by Gasteiger charge is 2.01. The number of carboxylic acids is 1. The van der Waals surface area contributed by atoms with Crippen LogP contribution in [0.15, 0.2) is 24.3 Å². The molecule has 0 aliphatic carbocycles. The first-order valence-electron chi connectivity index (χ1n) is 6.81. The minimum absolute atomic E-state index is 0.0540. The molecule has 1 aromatic rings. The number of nitrogens with one attached hydrogen (secondary N) is 1. The maximum Gasteiger partial charge on any atom is 0.303 e. The molecule has 0 bridgehead atoms. The van der Waals surface area contributed by atoms with E-state index in [9.17, 15) is 9.59 Å². The van der Waals surface area contributed by atoms with Crippen LogP contribution >= 0.6 is 11.8 Å². The first-order valence-corrected chi connectivity index (χ1v) is 8.20. The predicted molar refractivity (Wildman–Crippen MR) is 83.7 cm³/mol. The summed E-state index contributed by atoms with van der Waals surface area (Å²) in [6.45, 7) is 0.892. The summed E-state index contributed by atoms with van der Waals surface area (Å²) in [5, 5.41) is 11.4. The molecular formula is C15H21NO4S. The van der Waals surface area contributed by atoms with Crippen LogP contribution in [-0.2, 0) is 16.1 Å². The number of carboxylic acid groups (broad SMARTS) is 1. The minimum atomic E-state index is -0.814. The van der Waals surface area contributed by atoms with Gasteiger partial charge < -0.3 is 15.2 Å². The number of aliphatic carboxylic acids is 1. The fraction of sp³-hybridized carbons (Fsp3) is 0.467. The van der Waals surface area contributed by atoms with Crippen LogP contribution in [-0.4, -0.2) is 35.6 Å². The summed E-state index contributed by atoms with van der Waals surface area (Å²) >= 11 is 1.65. The van der Waals surface area contributed by atoms with Crippen LogP contribution in [0.3, 0.4) is 0 Å². The Morgan fingerprint density at radius 1 is 1.24 bits per heavy atom. The monoisotopic (exact) mass is 311 g/mol. The van der Waals surface area contributed by atoms with Crippen molar-refractivity contribution in [3.8, 4) is 5.75 Å². The quantitative estimate of drug-likeness (QED) is 0.649. The summed E-state index contributed by atoms with van der Waals surface area (Å²) in [6.07, 6.45) is 3.11. The second-order valence-corrected chi connectivity index (χ2v) is 5.49. The highest BCUT2D eigenvalue weighted by Crippen LogP contribution is 2.12. The van der Waals surface area contributed by atoms with Gasteiger partial charge in [-0.25, -0.2) is 0 Å². The smallest absolute Gasteiger partial charge is 0.303 e. The molecule has 0 unspecified atom stereocenters. The van der Waals surface area contributed by atoms with Gasteiger partial charge in [0.2, 0.25) is 5.91 Å². The zero-order valence-electron chi connectivity index (χ0n) is 12.1. The maximum absolute atomic E-state index is 11.5. The molecule has 1 aromatic carbocycles. The molecule has 0 heterocycles. The zero-order valence-corrected chi connectivity index (χ0v) is 12.9. The van der Waals surface area contributed by atoms with Crippen molar-refractivity contribution < 1.29 is 19.4 Å². The van der Waals surface area contributed by atoms with E-state index in [-0.39, 0.29) is 12.3 Å². The van der Waals surface area contributed by atoms with Crippen LogP contribution in [0.25, 0.3) is 0 Å². The van der Waals surface area contributed by atoms with E-state index in [2.05, 4.69) is 5.32 Å². The number of thioether (sulfide) groups is 1. The molecule has 0 fully saturated rings. The normalized spacial score (nSPS) is 10.1. The number of ether oxygens (including phenoxy) is 1. The fourth-order valence-corrected chi connectivity index (χ4v) is 1.99. The molecule has 0 saturated heterocycles. The van der Waals surface area contributed by atoms with E-state index in [0.717, 1.165) is 11.3 Å². The standard InChI is InChI=1S/C15H21NO4S/c1-21-10-8-14(17)16-11-12-4-6-13(7-5-12)20-9-2-3-15(18)19/h4-7H,2-3,8-11H2,1H3,(H,16,17)(H,18,19). The van der Waals surface area contributed by atoms with Gasteiger partial charge in [-0.3, -0.25) is 9.59 Å². The third-order valence-corrected chi connectivity index (χ3v) is 3.36. The Morgan fingerprint density at radius 2 is 1.95 bits per heavy atom. The van der Waals surface area contributed by atoms with E-state index >= 15 is 0 Å². The average Bonchev–Trinajstić information content (AvgIpc) is 2.48. The van der Waals surface area contributed by atoms with Gasteiger partial charge in [-0.2, -0.15) is 11.8 Å². The summed E-state index contributed by atoms with van der Waals surface area (Å²) in [7, 11) is 0. The lowest BCUT2D eigenvalue weighted by atomic mass is 10.2. The highest BCUT2D eigenvalue weighted by atomic mass is 32.2. The van der Waals surface area contributed by atoms with Gasteiger partial charge in [0.05, 0.1) is 6.61 Å². The summed E-state index contributed by atoms with van der Waals surface area (Å²) < 4.78 is 5.44. The van der Waals surface area contributed by atoms with Crippen molar-refractivity contribution in [3.63, 3.8) is 0 Å². The van der Waals surface area contributed by atoms with Gasteiger partial charge in [-0.05, 0) is 30.4 Å². The van der Waals surface area contributed by atoms with Crippen LogP contribution in [0.2, 0.25) is 0 Å². The Labute approximate surface area is 129 Å². The van der Waals surface area contributed by atoms with Crippen molar-refractivity contribution in [1.82, 2.24) is 5.32 Å². The van der Waals surface area contributed by atoms with Crippen LogP contribution in [0.1, 0.15) is 24.8 Å². The Bertz CT molecular complexity index is 447. The molecular weight excluding hydrogens is 290 g/mol. The SMILES string of the molecule is CSCCC(=O)NCc1ccc(OCCCC(=O)O)cc1. The van der Waals surface area contributed by atoms with E-state index in [4.69, 9.17) is 9.84 Å². The molecule has 21 heavy (non-hydrogen) atoms. The topological polar surface area (TPSA) is 75.6 Å². The van der Waals surface area contributed by atoms with Gasteiger partial charge in [0, 0.05) is 25.1 Å². The summed E-state index contributed by atoms with van der Waals surface area (Å²) in [4.78, 5) is 21.8. The molecule has 1 rings (SSSR count). The molecule has 0 radical (unpaired) electrons. The van der Waals surface area contributed by atoms with Crippen molar-refractivity contribution in [1.29, 1.82) is 0 Å². The summed E-state index contributed by atoms with van der Waals surface area (Å²) in [5.74, 6) is 0.775. The number of amides is 1. The number of carbonyl (C=O) groups excluding carboxylic acids is 1. The molecule has 0 aromatic heterocycles. The molecule has 0 spiro atoms. The molecule has 0 aliphatic rings. The minimum Gasteiger partial charge on any atom is -0.494 e. The molecule has 0 saturated carbocycles. The average molecular weight is 311 g/mol. The molecule has 6 heteroatoms. The number of rotatable bonds is 10. The van der Waals surface area contributed by atoms with Crippen LogP contribution in [0, 0.1) is 0 Å². The van der Waals surface area contributed by atoms with E-state index in [0.29, 0.717) is 31.7 Å². The van der Waals surface area contributed by atoms with Crippen molar-refractivity contribution in [2.75, 3.05) is 18.6 Å². The predicted octanol–water partition coefficient (Wildman–Crippen LogP) is 2.30. The van der Waals surface area contributed by atoms with Crippen LogP contribution < -0.4 is 10.1 Å². The van der Waals surface area contributed by atoms with E-state index < -0.39 is 5.97 Å². The molecule has 1 amide bonds. The molecule has 5 nitrogen and oxygen atoms in total. The van der Waals surface area contributed by atoms with Crippen molar-refractivity contribution in [2.24, 2.45) is 0 Å². The molecule has 116 valence electrons. The highest BCUT2D eigenvalue weighted by molar-refractivity contribution is 7.98. The first-order chi connectivity index (χ1) is 10.1. The maximum atomic E-state index is 11.5. The lowest BCUT2D eigenvalue weighted by Crippen LogP contribution is -2.22. The largest absolute Gasteiger partial charge is 0.494 e. The second kappa shape index (κ2) is 10.1. The number of hydrogen-bond acceptors (Lipinski definition) is 4. The first kappa shape index (κ1) is 17.4. The number of hydrogen-bond donors (Lipinski definition) is 2. The van der Waals surface area contributed by atoms with Crippen molar-refractivity contribution in [2.45, 2.75) is 25.8 Å². The lowest BCUT2D eigenvalue weighted by molar-refractivity contribution is -0.137. The van der Waals surface area contributed by atoms with Gasteiger partial charge >= 0.3 is 5.97 Å². The Hall–Kier alpha value is -1.69. The van der Waals surface area contributed by atoms with E-state index in [1.54, 1.807) is 11.8 Å². The Morgan fingerprint density at radius 3 is 2.57 bits per heavy atom. The van der Waals surface area contributed by atoms with E-state index in [1.165, 1.54) is 0 Å². The van der Waals surface area contributed by atoms with E-state index in [1.807, 2.05) is 30.5 Å². The van der Waals surface area contributed by atoms with Crippen molar-refractivity contribution in [3.05, 3.63) is 29.8 Å². The van der Waals surface area contributed by atoms with Gasteiger partial charge in [-0.15, -0.1) is 0 Å². The Kier molecular flexibility index (Phi) is 8.35. The van der Waals surface area contributed by atoms with Gasteiger partial charge in [0.1, 0.15) is 5.75 Å². The molecule has 0 aliphatic heterocycles. The summed E-state index contributed by atoms with van der Waals surface area (Å²) in [5.41, 5.74) is 1.00. The van der Waals surface area contributed by atoms with Crippen molar-refractivity contribution >= 4 is 23.6 Å². The van der Waals surface area contributed by atoms with Gasteiger partial charge in [0.15, 0.2) is 0 Å². The third kappa shape index (κ3) is 8.24. The Balaban J connectivity index is 2.26. The van der Waals surface area contributed by atoms with Crippen LogP contribution in [0.4, 0.5) is 0 Å². The number of carbonyl (C=O) groups is 2. The third-order valence-electron chi connectivity index (χ3n) is 2.75. The zero-order chi connectivity index (χ0) is 15.5. The fourth-order valence-electron chi connectivity index (χ4n) is 1.60. The number of benzene rings is 1. The second-order valence-electron chi connectivity index (χ2n) is 4.51. The lowest BCUT2D eigenvalue weighted by Gasteiger charge is -2.08. The molecule has 0 atom stereocenters.